The van der Waals surface area contributed by atoms with E-state index in [9.17, 15) is 4.79 Å². The predicted molar refractivity (Wildman–Crippen MR) is 90.7 cm³/mol. The third kappa shape index (κ3) is 6.58. The van der Waals surface area contributed by atoms with Gasteiger partial charge in [-0.2, -0.15) is 0 Å². The van der Waals surface area contributed by atoms with Gasteiger partial charge in [0.15, 0.2) is 0 Å². The maximum atomic E-state index is 11.6. The molecule has 0 aliphatic rings. The van der Waals surface area contributed by atoms with Crippen LogP contribution in [0.25, 0.3) is 0 Å². The van der Waals surface area contributed by atoms with Gasteiger partial charge in [-0.05, 0) is 25.5 Å². The van der Waals surface area contributed by atoms with Gasteiger partial charge < -0.3 is 4.74 Å². The number of benzene rings is 1. The summed E-state index contributed by atoms with van der Waals surface area (Å²) in [6.07, 6.45) is 0. The summed E-state index contributed by atoms with van der Waals surface area (Å²) in [5, 5.41) is 0. The molecule has 0 fully saturated rings. The third-order valence-electron chi connectivity index (χ3n) is 3.84. The van der Waals surface area contributed by atoms with Crippen molar-refractivity contribution in [3.63, 3.8) is 0 Å². The number of nitrogens with zero attached hydrogens (tertiary/aromatic N) is 2. The Labute approximate surface area is 135 Å². The SMILES string of the molecule is COC(=O)[C@H](C)N(C)CCN(Cc1ccccc1)CC(C)C. The van der Waals surface area contributed by atoms with Crippen LogP contribution in [0.4, 0.5) is 0 Å². The average Bonchev–Trinajstić information content (AvgIpc) is 2.51. The highest BCUT2D eigenvalue weighted by Gasteiger charge is 2.19. The second-order valence-electron chi connectivity index (χ2n) is 6.29. The lowest BCUT2D eigenvalue weighted by Gasteiger charge is -2.29. The van der Waals surface area contributed by atoms with Crippen molar-refractivity contribution in [3.8, 4) is 0 Å². The summed E-state index contributed by atoms with van der Waals surface area (Å²) in [5.41, 5.74) is 1.33. The summed E-state index contributed by atoms with van der Waals surface area (Å²) in [6.45, 7) is 10.1. The van der Waals surface area contributed by atoms with Gasteiger partial charge in [0.1, 0.15) is 6.04 Å². The van der Waals surface area contributed by atoms with Crippen LogP contribution < -0.4 is 0 Å². The Kier molecular flexibility index (Phi) is 8.13. The fourth-order valence-electron chi connectivity index (χ4n) is 2.44. The number of hydrogen-bond acceptors (Lipinski definition) is 4. The Morgan fingerprint density at radius 3 is 2.32 bits per heavy atom. The molecule has 0 spiro atoms. The number of carbonyl (C=O) groups is 1. The van der Waals surface area contributed by atoms with E-state index in [2.05, 4.69) is 43.0 Å². The van der Waals surface area contributed by atoms with Crippen LogP contribution in [0.3, 0.4) is 0 Å². The maximum Gasteiger partial charge on any atom is 0.322 e. The Bertz CT molecular complexity index is 434. The number of carbonyl (C=O) groups excluding carboxylic acids is 1. The van der Waals surface area contributed by atoms with Crippen LogP contribution in [-0.2, 0) is 16.1 Å². The van der Waals surface area contributed by atoms with Gasteiger partial charge >= 0.3 is 5.97 Å². The highest BCUT2D eigenvalue weighted by Crippen LogP contribution is 2.08. The van der Waals surface area contributed by atoms with E-state index in [1.54, 1.807) is 0 Å². The van der Waals surface area contributed by atoms with Crippen molar-refractivity contribution < 1.29 is 9.53 Å². The second kappa shape index (κ2) is 9.59. The predicted octanol–water partition coefficient (Wildman–Crippen LogP) is 2.64. The number of rotatable bonds is 9. The Hall–Kier alpha value is -1.39. The Morgan fingerprint density at radius 2 is 1.77 bits per heavy atom. The molecule has 0 N–H and O–H groups in total. The third-order valence-corrected chi connectivity index (χ3v) is 3.84. The molecule has 0 bridgehead atoms. The van der Waals surface area contributed by atoms with Crippen molar-refractivity contribution >= 4 is 5.97 Å². The van der Waals surface area contributed by atoms with E-state index >= 15 is 0 Å². The smallest absolute Gasteiger partial charge is 0.322 e. The fraction of sp³-hybridized carbons (Fsp3) is 0.611. The second-order valence-corrected chi connectivity index (χ2v) is 6.29. The van der Waals surface area contributed by atoms with E-state index in [1.807, 2.05) is 24.9 Å². The highest BCUT2D eigenvalue weighted by molar-refractivity contribution is 5.75. The van der Waals surface area contributed by atoms with Gasteiger partial charge in [-0.25, -0.2) is 0 Å². The number of esters is 1. The molecule has 124 valence electrons. The van der Waals surface area contributed by atoms with Crippen LogP contribution in [0, 0.1) is 5.92 Å². The van der Waals surface area contributed by atoms with Crippen molar-refractivity contribution in [2.75, 3.05) is 33.8 Å². The van der Waals surface area contributed by atoms with Gasteiger partial charge in [0, 0.05) is 26.2 Å². The minimum Gasteiger partial charge on any atom is -0.468 e. The van der Waals surface area contributed by atoms with E-state index in [-0.39, 0.29) is 12.0 Å². The van der Waals surface area contributed by atoms with Gasteiger partial charge in [0.05, 0.1) is 7.11 Å². The van der Waals surface area contributed by atoms with Crippen molar-refractivity contribution in [1.82, 2.24) is 9.80 Å². The van der Waals surface area contributed by atoms with E-state index in [0.717, 1.165) is 26.2 Å². The van der Waals surface area contributed by atoms with Crippen LogP contribution in [0.5, 0.6) is 0 Å². The summed E-state index contributed by atoms with van der Waals surface area (Å²) in [7, 11) is 3.41. The zero-order valence-corrected chi connectivity index (χ0v) is 14.6. The van der Waals surface area contributed by atoms with Gasteiger partial charge in [-0.1, -0.05) is 44.2 Å². The standard InChI is InChI=1S/C18H30N2O2/c1-15(2)13-20(14-17-9-7-6-8-10-17)12-11-19(4)16(3)18(21)22-5/h6-10,15-16H,11-14H2,1-5H3/t16-/m0/s1. The van der Waals surface area contributed by atoms with Crippen LogP contribution in [0.15, 0.2) is 30.3 Å². The number of likely N-dealkylation sites (N-methyl/N-ethyl adjacent to an activating group) is 1. The topological polar surface area (TPSA) is 32.8 Å². The average molecular weight is 306 g/mol. The molecule has 4 heteroatoms. The van der Waals surface area contributed by atoms with E-state index in [1.165, 1.54) is 12.7 Å². The normalized spacial score (nSPS) is 12.9. The molecule has 0 radical (unpaired) electrons. The number of methoxy groups -OCH3 is 1. The van der Waals surface area contributed by atoms with Gasteiger partial charge in [0.25, 0.3) is 0 Å². The molecule has 1 atom stereocenters. The van der Waals surface area contributed by atoms with Crippen LogP contribution in [0.2, 0.25) is 0 Å². The largest absolute Gasteiger partial charge is 0.468 e. The zero-order valence-electron chi connectivity index (χ0n) is 14.6. The zero-order chi connectivity index (χ0) is 16.5. The van der Waals surface area contributed by atoms with E-state index in [0.29, 0.717) is 5.92 Å². The summed E-state index contributed by atoms with van der Waals surface area (Å²) in [5.74, 6) is 0.438. The first kappa shape index (κ1) is 18.7. The first-order valence-corrected chi connectivity index (χ1v) is 7.98. The lowest BCUT2D eigenvalue weighted by molar-refractivity contribution is -0.145. The van der Waals surface area contributed by atoms with E-state index < -0.39 is 0 Å². The van der Waals surface area contributed by atoms with Crippen LogP contribution in [0.1, 0.15) is 26.3 Å². The summed E-state index contributed by atoms with van der Waals surface area (Å²) >= 11 is 0. The maximum absolute atomic E-state index is 11.6. The lowest BCUT2D eigenvalue weighted by Crippen LogP contribution is -2.42. The first-order valence-electron chi connectivity index (χ1n) is 7.98. The molecular weight excluding hydrogens is 276 g/mol. The molecule has 0 saturated heterocycles. The van der Waals surface area contributed by atoms with Crippen LogP contribution >= 0.6 is 0 Å². The van der Waals surface area contributed by atoms with Crippen LogP contribution in [-0.4, -0.2) is 55.6 Å². The van der Waals surface area contributed by atoms with Crippen molar-refractivity contribution in [2.24, 2.45) is 5.92 Å². The molecule has 4 nitrogen and oxygen atoms in total. The monoisotopic (exact) mass is 306 g/mol. The van der Waals surface area contributed by atoms with Gasteiger partial charge in [-0.15, -0.1) is 0 Å². The number of hydrogen-bond donors (Lipinski definition) is 0. The Balaban J connectivity index is 2.56. The molecule has 0 aliphatic carbocycles. The summed E-state index contributed by atoms with van der Waals surface area (Å²) in [6, 6.07) is 10.3. The molecule has 0 saturated carbocycles. The lowest BCUT2D eigenvalue weighted by atomic mass is 10.1. The minimum atomic E-state index is -0.206. The van der Waals surface area contributed by atoms with Gasteiger partial charge in [0.2, 0.25) is 0 Å². The molecular formula is C18H30N2O2. The highest BCUT2D eigenvalue weighted by atomic mass is 16.5. The molecule has 1 aromatic carbocycles. The molecule has 0 aliphatic heterocycles. The molecule has 0 amide bonds. The minimum absolute atomic E-state index is 0.180. The van der Waals surface area contributed by atoms with Crippen molar-refractivity contribution in [3.05, 3.63) is 35.9 Å². The molecule has 0 unspecified atom stereocenters. The molecule has 0 aromatic heterocycles. The van der Waals surface area contributed by atoms with E-state index in [4.69, 9.17) is 4.74 Å². The molecule has 0 heterocycles. The quantitative estimate of drug-likeness (QED) is 0.657. The fourth-order valence-corrected chi connectivity index (χ4v) is 2.44. The van der Waals surface area contributed by atoms with Crippen molar-refractivity contribution in [2.45, 2.75) is 33.4 Å². The Morgan fingerprint density at radius 1 is 1.14 bits per heavy atom. The summed E-state index contributed by atoms with van der Waals surface area (Å²) < 4.78 is 4.81. The molecule has 22 heavy (non-hydrogen) atoms. The molecule has 1 rings (SSSR count). The van der Waals surface area contributed by atoms with Crippen molar-refractivity contribution in [1.29, 1.82) is 0 Å². The van der Waals surface area contributed by atoms with Gasteiger partial charge in [-0.3, -0.25) is 14.6 Å². The summed E-state index contributed by atoms with van der Waals surface area (Å²) in [4.78, 5) is 16.1. The number of ether oxygens (including phenoxy) is 1. The first-order chi connectivity index (χ1) is 10.4. The molecule has 1 aromatic rings.